The van der Waals surface area contributed by atoms with Crippen molar-refractivity contribution >= 4 is 17.8 Å². The largest absolute Gasteiger partial charge is 0.465 e. The number of esters is 1. The maximum absolute atomic E-state index is 14.3. The molecule has 7 atom stereocenters. The molecule has 1 N–H and O–H groups in total. The first kappa shape index (κ1) is 27.4. The molecular weight excluding hydrogens is 448 g/mol. The van der Waals surface area contributed by atoms with Gasteiger partial charge in [0.2, 0.25) is 11.8 Å². The number of nitrogens with zero attached hydrogens (tertiary/aromatic N) is 2. The molecule has 3 aliphatic heterocycles. The second-order valence-corrected chi connectivity index (χ2v) is 10.5. The molecule has 3 heterocycles. The van der Waals surface area contributed by atoms with E-state index in [1.165, 1.54) is 4.90 Å². The number of carbonyl (C=O) groups is 3. The Morgan fingerprint density at radius 1 is 1.31 bits per heavy atom. The fourth-order valence-electron chi connectivity index (χ4n) is 6.31. The van der Waals surface area contributed by atoms with Crippen LogP contribution in [0.15, 0.2) is 25.3 Å². The van der Waals surface area contributed by atoms with Crippen molar-refractivity contribution in [3.8, 4) is 0 Å². The van der Waals surface area contributed by atoms with Gasteiger partial charge in [0, 0.05) is 12.6 Å². The van der Waals surface area contributed by atoms with E-state index >= 15 is 0 Å². The molecule has 3 unspecified atom stereocenters. The summed E-state index contributed by atoms with van der Waals surface area (Å²) in [7, 11) is 0. The van der Waals surface area contributed by atoms with E-state index in [0.29, 0.717) is 25.8 Å². The maximum atomic E-state index is 14.3. The molecule has 3 aliphatic rings. The zero-order valence-corrected chi connectivity index (χ0v) is 21.7. The number of likely N-dealkylation sites (tertiary alicyclic amines) is 1. The van der Waals surface area contributed by atoms with Crippen molar-refractivity contribution in [2.24, 2.45) is 17.8 Å². The molecule has 8 nitrogen and oxygen atoms in total. The predicted octanol–water partition coefficient (Wildman–Crippen LogP) is 2.70. The van der Waals surface area contributed by atoms with Gasteiger partial charge in [-0.2, -0.15) is 0 Å². The highest BCUT2D eigenvalue weighted by Crippen LogP contribution is 2.59. The van der Waals surface area contributed by atoms with Gasteiger partial charge in [-0.1, -0.05) is 39.3 Å². The van der Waals surface area contributed by atoms with Crippen LogP contribution in [0.2, 0.25) is 0 Å². The molecular formula is C27H42N2O6. The van der Waals surface area contributed by atoms with Gasteiger partial charge in [-0.25, -0.2) is 0 Å². The molecule has 0 aromatic rings. The van der Waals surface area contributed by atoms with Crippen LogP contribution in [0.4, 0.5) is 0 Å². The summed E-state index contributed by atoms with van der Waals surface area (Å²) in [5.74, 6) is -2.62. The lowest BCUT2D eigenvalue weighted by Crippen LogP contribution is -2.60. The fraction of sp³-hybridized carbons (Fsp3) is 0.741. The van der Waals surface area contributed by atoms with Gasteiger partial charge in [0.1, 0.15) is 11.6 Å². The Morgan fingerprint density at radius 3 is 2.60 bits per heavy atom. The molecule has 1 spiro atoms. The normalized spacial score (nSPS) is 30.8. The third kappa shape index (κ3) is 4.67. The van der Waals surface area contributed by atoms with Crippen molar-refractivity contribution in [3.63, 3.8) is 0 Å². The molecule has 2 bridgehead atoms. The lowest BCUT2D eigenvalue weighted by atomic mass is 9.70. The van der Waals surface area contributed by atoms with Gasteiger partial charge in [-0.15, -0.1) is 13.2 Å². The monoisotopic (exact) mass is 490 g/mol. The Bertz CT molecular complexity index is 828. The van der Waals surface area contributed by atoms with Crippen LogP contribution in [0.5, 0.6) is 0 Å². The predicted molar refractivity (Wildman–Crippen MR) is 132 cm³/mol. The summed E-state index contributed by atoms with van der Waals surface area (Å²) < 4.78 is 11.9. The van der Waals surface area contributed by atoms with Crippen molar-refractivity contribution in [1.82, 2.24) is 9.80 Å². The molecule has 0 aromatic carbocycles. The minimum absolute atomic E-state index is 0.0530. The van der Waals surface area contributed by atoms with Crippen LogP contribution in [-0.2, 0) is 23.9 Å². The second kappa shape index (κ2) is 11.2. The third-order valence-corrected chi connectivity index (χ3v) is 7.97. The van der Waals surface area contributed by atoms with Gasteiger partial charge in [-0.05, 0) is 38.5 Å². The lowest BCUT2D eigenvalue weighted by Gasteiger charge is -2.41. The van der Waals surface area contributed by atoms with E-state index in [-0.39, 0.29) is 37.0 Å². The zero-order chi connectivity index (χ0) is 25.9. The Morgan fingerprint density at radius 2 is 2.03 bits per heavy atom. The molecule has 8 heteroatoms. The number of amides is 2. The summed E-state index contributed by atoms with van der Waals surface area (Å²) in [5.41, 5.74) is -1.10. The minimum atomic E-state index is -1.10. The highest BCUT2D eigenvalue weighted by molar-refractivity contribution is 5.98. The van der Waals surface area contributed by atoms with Crippen LogP contribution in [0.3, 0.4) is 0 Å². The number of aliphatic hydroxyl groups is 1. The molecule has 0 saturated carbocycles. The van der Waals surface area contributed by atoms with Gasteiger partial charge in [0.15, 0.2) is 0 Å². The molecule has 35 heavy (non-hydrogen) atoms. The average molecular weight is 491 g/mol. The summed E-state index contributed by atoms with van der Waals surface area (Å²) in [6.07, 6.45) is 6.25. The molecule has 196 valence electrons. The van der Waals surface area contributed by atoms with Crippen LogP contribution in [-0.4, -0.2) is 82.3 Å². The van der Waals surface area contributed by atoms with Crippen molar-refractivity contribution in [3.05, 3.63) is 25.3 Å². The smallest absolute Gasteiger partial charge is 0.312 e. The number of rotatable bonds is 13. The van der Waals surface area contributed by atoms with E-state index in [4.69, 9.17) is 9.47 Å². The quantitative estimate of drug-likeness (QED) is 0.242. The van der Waals surface area contributed by atoms with E-state index in [1.54, 1.807) is 17.1 Å². The zero-order valence-electron chi connectivity index (χ0n) is 21.7. The van der Waals surface area contributed by atoms with E-state index in [9.17, 15) is 19.5 Å². The van der Waals surface area contributed by atoms with Gasteiger partial charge in [0.05, 0.1) is 37.2 Å². The first-order valence-electron chi connectivity index (χ1n) is 13.0. The van der Waals surface area contributed by atoms with Crippen LogP contribution >= 0.6 is 0 Å². The minimum Gasteiger partial charge on any atom is -0.465 e. The van der Waals surface area contributed by atoms with Crippen molar-refractivity contribution < 1.29 is 29.0 Å². The molecule has 0 radical (unpaired) electrons. The molecule has 2 amide bonds. The highest BCUT2D eigenvalue weighted by Gasteiger charge is 2.75. The standard InChI is InChI=1S/C27H42N2O6/c1-7-10-15-34-26(33)21-20-12-13-27(35-20)22(21)24(31)29(19(16-30)17(4)5)23(27)25(32)28(14-9-3)18(6)11-8-2/h7,9,17-23,30H,1,3,8,10-16H2,2,4-6H3/t18?,19-,20-,21+,22-,23?,27?/m0/s1. The van der Waals surface area contributed by atoms with Gasteiger partial charge in [0.25, 0.3) is 0 Å². The number of hydrogen-bond donors (Lipinski definition) is 1. The summed E-state index contributed by atoms with van der Waals surface area (Å²) in [5, 5.41) is 10.3. The fourth-order valence-corrected chi connectivity index (χ4v) is 6.31. The molecule has 3 fully saturated rings. The van der Waals surface area contributed by atoms with E-state index in [2.05, 4.69) is 20.1 Å². The van der Waals surface area contributed by atoms with E-state index in [0.717, 1.165) is 12.8 Å². The SMILES string of the molecule is C=CCCOC(=O)[C@@H]1[C@@H]2CCC3(O2)C(C(=O)N(CC=C)C(C)CCC)N([C@@H](CO)C(C)C)C(=O)[C@H]13. The topological polar surface area (TPSA) is 96.4 Å². The number of hydrogen-bond acceptors (Lipinski definition) is 6. The molecule has 0 aromatic heterocycles. The number of aliphatic hydroxyl groups excluding tert-OH is 1. The van der Waals surface area contributed by atoms with Crippen LogP contribution in [0.1, 0.15) is 59.8 Å². The molecule has 3 rings (SSSR count). The highest BCUT2D eigenvalue weighted by atomic mass is 16.6. The summed E-state index contributed by atoms with van der Waals surface area (Å²) >= 11 is 0. The van der Waals surface area contributed by atoms with Crippen LogP contribution in [0, 0.1) is 17.8 Å². The lowest BCUT2D eigenvalue weighted by molar-refractivity contribution is -0.157. The van der Waals surface area contributed by atoms with Gasteiger partial charge in [-0.3, -0.25) is 14.4 Å². The van der Waals surface area contributed by atoms with Crippen LogP contribution < -0.4 is 0 Å². The van der Waals surface area contributed by atoms with Gasteiger partial charge < -0.3 is 24.4 Å². The van der Waals surface area contributed by atoms with Crippen molar-refractivity contribution in [1.29, 1.82) is 0 Å². The molecule has 0 aliphatic carbocycles. The molecule has 3 saturated heterocycles. The Balaban J connectivity index is 2.06. The first-order valence-corrected chi connectivity index (χ1v) is 13.0. The number of fused-ring (bicyclic) bond motifs is 1. The van der Waals surface area contributed by atoms with Crippen molar-refractivity contribution in [2.75, 3.05) is 19.8 Å². The Hall–Kier alpha value is -2.19. The average Bonchev–Trinajstić information content (AvgIpc) is 3.45. The summed E-state index contributed by atoms with van der Waals surface area (Å²) in [6.45, 7) is 15.7. The number of ether oxygens (including phenoxy) is 2. The van der Waals surface area contributed by atoms with Gasteiger partial charge >= 0.3 is 5.97 Å². The Kier molecular flexibility index (Phi) is 8.81. The second-order valence-electron chi connectivity index (χ2n) is 10.5. The van der Waals surface area contributed by atoms with E-state index in [1.807, 2.05) is 20.8 Å². The maximum Gasteiger partial charge on any atom is 0.312 e. The van der Waals surface area contributed by atoms with E-state index < -0.39 is 41.6 Å². The Labute approximate surface area is 209 Å². The number of carbonyl (C=O) groups excluding carboxylic acids is 3. The third-order valence-electron chi connectivity index (χ3n) is 7.97. The summed E-state index contributed by atoms with van der Waals surface area (Å²) in [6, 6.07) is -1.53. The first-order chi connectivity index (χ1) is 16.7. The van der Waals surface area contributed by atoms with Crippen LogP contribution in [0.25, 0.3) is 0 Å². The van der Waals surface area contributed by atoms with Crippen molar-refractivity contribution in [2.45, 2.75) is 89.6 Å². The summed E-state index contributed by atoms with van der Waals surface area (Å²) in [4.78, 5) is 44.7.